The highest BCUT2D eigenvalue weighted by Crippen LogP contribution is 2.34. The lowest BCUT2D eigenvalue weighted by atomic mass is 9.84. The number of hydrogen-bond acceptors (Lipinski definition) is 7. The number of sulfonamides is 1. The number of hydrogen-bond donors (Lipinski definition) is 1. The maximum Gasteiger partial charge on any atom is 0.244 e. The van der Waals surface area contributed by atoms with Crippen molar-refractivity contribution in [3.05, 3.63) is 89.9 Å². The first kappa shape index (κ1) is 30.0. The third-order valence-corrected chi connectivity index (χ3v) is 10.6. The third kappa shape index (κ3) is 5.06. The number of rotatable bonds is 8. The fourth-order valence-electron chi connectivity index (χ4n) is 5.51. The summed E-state index contributed by atoms with van der Waals surface area (Å²) >= 11 is 0. The van der Waals surface area contributed by atoms with Gasteiger partial charge in [0.05, 0.1) is 35.1 Å². The van der Waals surface area contributed by atoms with Crippen LogP contribution in [0.25, 0.3) is 22.2 Å². The van der Waals surface area contributed by atoms with Crippen molar-refractivity contribution in [1.82, 2.24) is 19.3 Å². The van der Waals surface area contributed by atoms with Gasteiger partial charge in [-0.15, -0.1) is 5.21 Å². The Bertz CT molecular complexity index is 1670. The lowest BCUT2D eigenvalue weighted by Crippen LogP contribution is -3.18. The van der Waals surface area contributed by atoms with Gasteiger partial charge in [0.1, 0.15) is 11.1 Å². The van der Waals surface area contributed by atoms with E-state index in [9.17, 15) is 18.8 Å². The second kappa shape index (κ2) is 11.0. The van der Waals surface area contributed by atoms with Crippen molar-refractivity contribution in [2.75, 3.05) is 25.5 Å². The van der Waals surface area contributed by atoms with Crippen LogP contribution in [0.2, 0.25) is 0 Å². The van der Waals surface area contributed by atoms with Crippen molar-refractivity contribution in [1.29, 1.82) is 0 Å². The molecule has 1 aliphatic rings. The van der Waals surface area contributed by atoms with Gasteiger partial charge in [-0.25, -0.2) is 13.4 Å². The molecule has 2 atom stereocenters. The van der Waals surface area contributed by atoms with Crippen molar-refractivity contribution in [3.8, 4) is 11.4 Å². The van der Waals surface area contributed by atoms with Gasteiger partial charge >= 0.3 is 0 Å². The molecule has 0 aliphatic carbocycles. The van der Waals surface area contributed by atoms with Gasteiger partial charge in [0.25, 0.3) is 0 Å². The normalized spacial score (nSPS) is 20.3. The van der Waals surface area contributed by atoms with Crippen LogP contribution in [0.4, 0.5) is 5.69 Å². The molecule has 1 saturated heterocycles. The molecule has 2 unspecified atom stereocenters. The topological polar surface area (TPSA) is 117 Å². The molecule has 0 bridgehead atoms. The molecule has 10 nitrogen and oxygen atoms in total. The number of hydroxylamine groups is 4. The minimum atomic E-state index is -4.21. The van der Waals surface area contributed by atoms with E-state index < -0.39 is 27.3 Å². The van der Waals surface area contributed by atoms with Gasteiger partial charge in [-0.05, 0) is 64.1 Å². The Labute approximate surface area is 247 Å². The predicted molar refractivity (Wildman–Crippen MR) is 162 cm³/mol. The fraction of sp³-hybridized carbons (Fsp3) is 0.355. The van der Waals surface area contributed by atoms with Crippen molar-refractivity contribution >= 4 is 26.5 Å². The summed E-state index contributed by atoms with van der Waals surface area (Å²) in [7, 11) is -0.407. The third-order valence-electron chi connectivity index (χ3n) is 8.69. The van der Waals surface area contributed by atoms with E-state index in [1.54, 1.807) is 64.2 Å². The van der Waals surface area contributed by atoms with Crippen LogP contribution in [-0.4, -0.2) is 65.6 Å². The van der Waals surface area contributed by atoms with Crippen LogP contribution < -0.4 is 9.96 Å². The molecule has 42 heavy (non-hydrogen) atoms. The summed E-state index contributed by atoms with van der Waals surface area (Å²) in [6.45, 7) is 6.49. The standard InChI is InChI=1S/C31H37N6O4S/c1-30(2)31(3,4)37(39)29(36(30)38)21-35(20-22-12-9-16-26(33-22)25-15-7-8-19-32-25)42(40,41)28-18-11-13-23-24(28)14-10-17-27(23)34(5)6/h7-19,29,36H,20-21H2,1-6H3. The summed E-state index contributed by atoms with van der Waals surface area (Å²) in [4.78, 5) is 11.1. The van der Waals surface area contributed by atoms with E-state index in [2.05, 4.69) is 4.98 Å². The first-order chi connectivity index (χ1) is 19.8. The van der Waals surface area contributed by atoms with Gasteiger partial charge < -0.3 is 15.2 Å². The average Bonchev–Trinajstić information content (AvgIpc) is 3.08. The maximum atomic E-state index is 14.6. The zero-order valence-corrected chi connectivity index (χ0v) is 25.6. The van der Waals surface area contributed by atoms with Crippen molar-refractivity contribution in [2.24, 2.45) is 0 Å². The van der Waals surface area contributed by atoms with Crippen molar-refractivity contribution < 1.29 is 18.7 Å². The molecule has 1 N–H and O–H groups in total. The van der Waals surface area contributed by atoms with Crippen LogP contribution in [0.3, 0.4) is 0 Å². The molecular formula is C31H37N6O4S. The van der Waals surface area contributed by atoms with Gasteiger partial charge in [-0.3, -0.25) is 4.98 Å². The van der Waals surface area contributed by atoms with Gasteiger partial charge in [-0.1, -0.05) is 41.5 Å². The molecule has 11 heteroatoms. The van der Waals surface area contributed by atoms with E-state index >= 15 is 0 Å². The minimum absolute atomic E-state index is 0.103. The van der Waals surface area contributed by atoms with Gasteiger partial charge in [0.2, 0.25) is 10.0 Å². The van der Waals surface area contributed by atoms with Crippen molar-refractivity contribution in [3.63, 3.8) is 0 Å². The van der Waals surface area contributed by atoms with Crippen LogP contribution in [0.1, 0.15) is 33.4 Å². The van der Waals surface area contributed by atoms with E-state index in [4.69, 9.17) is 4.98 Å². The number of quaternary nitrogens is 1. The van der Waals surface area contributed by atoms with Gasteiger partial charge in [0.15, 0.2) is 6.17 Å². The first-order valence-corrected chi connectivity index (χ1v) is 15.3. The van der Waals surface area contributed by atoms with E-state index in [0.717, 1.165) is 16.1 Å². The molecule has 1 aliphatic heterocycles. The molecule has 5 rings (SSSR count). The van der Waals surface area contributed by atoms with Crippen LogP contribution in [-0.2, 0) is 21.8 Å². The molecule has 221 valence electrons. The zero-order valence-electron chi connectivity index (χ0n) is 24.8. The lowest BCUT2D eigenvalue weighted by Gasteiger charge is -2.39. The Morgan fingerprint density at radius 2 is 1.57 bits per heavy atom. The minimum Gasteiger partial charge on any atom is -0.633 e. The smallest absolute Gasteiger partial charge is 0.244 e. The average molecular weight is 590 g/mol. The van der Waals surface area contributed by atoms with Crippen LogP contribution >= 0.6 is 0 Å². The van der Waals surface area contributed by atoms with Crippen LogP contribution in [0.15, 0.2) is 83.9 Å². The highest BCUT2D eigenvalue weighted by Gasteiger charge is 2.60. The second-order valence-electron chi connectivity index (χ2n) is 11.9. The van der Waals surface area contributed by atoms with Crippen LogP contribution in [0, 0.1) is 5.21 Å². The summed E-state index contributed by atoms with van der Waals surface area (Å²) in [5.41, 5.74) is 0.612. The maximum absolute atomic E-state index is 14.6. The highest BCUT2D eigenvalue weighted by atomic mass is 32.2. The number of aromatic nitrogens is 2. The molecule has 3 heterocycles. The molecule has 0 saturated carbocycles. The molecule has 0 amide bonds. The monoisotopic (exact) mass is 589 g/mol. The number of nitrogens with one attached hydrogen (secondary N) is 1. The fourth-order valence-corrected chi connectivity index (χ4v) is 7.14. The van der Waals surface area contributed by atoms with Crippen molar-refractivity contribution in [2.45, 2.75) is 56.4 Å². The van der Waals surface area contributed by atoms with E-state index in [1.807, 2.05) is 61.5 Å². The first-order valence-electron chi connectivity index (χ1n) is 13.8. The summed E-state index contributed by atoms with van der Waals surface area (Å²) in [5, 5.41) is 28.9. The van der Waals surface area contributed by atoms with Gasteiger partial charge in [0, 0.05) is 36.8 Å². The number of fused-ring (bicyclic) bond motifs is 1. The second-order valence-corrected chi connectivity index (χ2v) is 13.8. The van der Waals surface area contributed by atoms with Crippen LogP contribution in [0.5, 0.6) is 0 Å². The zero-order chi connectivity index (χ0) is 30.4. The molecular weight excluding hydrogens is 552 g/mol. The molecule has 1 radical (unpaired) electrons. The summed E-state index contributed by atoms with van der Waals surface area (Å²) in [6.07, 6.45) is 0.497. The Morgan fingerprint density at radius 3 is 2.21 bits per heavy atom. The molecule has 1 fully saturated rings. The highest BCUT2D eigenvalue weighted by molar-refractivity contribution is 7.89. The quantitative estimate of drug-likeness (QED) is 0.313. The van der Waals surface area contributed by atoms with E-state index in [-0.39, 0.29) is 23.0 Å². The van der Waals surface area contributed by atoms with E-state index in [1.165, 1.54) is 4.31 Å². The number of nitrogens with zero attached hydrogens (tertiary/aromatic N) is 5. The molecule has 2 aromatic carbocycles. The molecule has 4 aromatic rings. The summed E-state index contributed by atoms with van der Waals surface area (Å²) in [6, 6.07) is 21.5. The Hall–Kier alpha value is -3.45. The number of pyridine rings is 2. The van der Waals surface area contributed by atoms with E-state index in [0.29, 0.717) is 22.5 Å². The number of benzene rings is 2. The SMILES string of the molecule is CN(C)c1cccc2c(S(=O)(=O)N(Cc3cccc(-c4ccccn4)n3)CC3N([O])C(C)(C)C(C)(C)[NH+]3[O-])cccc12. The Kier molecular flexibility index (Phi) is 7.86. The molecule has 0 spiro atoms. The summed E-state index contributed by atoms with van der Waals surface area (Å²) in [5.74, 6) is 0. The lowest BCUT2D eigenvalue weighted by molar-refractivity contribution is -0.919. The van der Waals surface area contributed by atoms with Gasteiger partial charge in [-0.2, -0.15) is 4.31 Å². The Morgan fingerprint density at radius 1 is 0.905 bits per heavy atom. The molecule has 2 aromatic heterocycles. The predicted octanol–water partition coefficient (Wildman–Crippen LogP) is 3.48. The number of anilines is 1. The largest absolute Gasteiger partial charge is 0.633 e. The summed E-state index contributed by atoms with van der Waals surface area (Å²) < 4.78 is 30.3. The Balaban J connectivity index is 1.62.